The van der Waals surface area contributed by atoms with Gasteiger partial charge in [0, 0.05) is 58.0 Å². The van der Waals surface area contributed by atoms with Gasteiger partial charge in [-0.1, -0.05) is 18.2 Å². The van der Waals surface area contributed by atoms with Gasteiger partial charge in [-0.3, -0.25) is 9.69 Å². The van der Waals surface area contributed by atoms with Crippen LogP contribution >= 0.6 is 0 Å². The highest BCUT2D eigenvalue weighted by Crippen LogP contribution is 2.37. The third-order valence-corrected chi connectivity index (χ3v) is 10.6. The van der Waals surface area contributed by atoms with Crippen LogP contribution in [0.2, 0.25) is 0 Å². The number of aromatic nitrogens is 1. The molecule has 0 spiro atoms. The van der Waals surface area contributed by atoms with Crippen LogP contribution in [-0.2, 0) is 26.0 Å². The van der Waals surface area contributed by atoms with Crippen molar-refractivity contribution in [3.63, 3.8) is 0 Å². The lowest BCUT2D eigenvalue weighted by Crippen LogP contribution is -2.39. The lowest BCUT2D eigenvalue weighted by atomic mass is 9.88. The van der Waals surface area contributed by atoms with Crippen LogP contribution < -0.4 is 11.1 Å². The molecule has 2 fully saturated rings. The molecule has 0 saturated carbocycles. The van der Waals surface area contributed by atoms with Gasteiger partial charge in [0.2, 0.25) is 10.0 Å². The van der Waals surface area contributed by atoms with Gasteiger partial charge in [-0.25, -0.2) is 12.7 Å². The largest absolute Gasteiger partial charge is 0.385 e. The molecule has 234 valence electrons. The molecule has 2 aliphatic heterocycles. The molecule has 1 amide bonds. The molecule has 11 heteroatoms. The van der Waals surface area contributed by atoms with Crippen LogP contribution in [0, 0.1) is 0 Å². The van der Waals surface area contributed by atoms with Gasteiger partial charge in [0.25, 0.3) is 5.91 Å². The molecule has 10 nitrogen and oxygen atoms in total. The van der Waals surface area contributed by atoms with E-state index in [-0.39, 0.29) is 11.7 Å². The van der Waals surface area contributed by atoms with Crippen LogP contribution in [0.3, 0.4) is 0 Å². The van der Waals surface area contributed by atoms with Gasteiger partial charge >= 0.3 is 0 Å². The molecule has 3 aromatic rings. The van der Waals surface area contributed by atoms with Gasteiger partial charge in [-0.2, -0.15) is 0 Å². The van der Waals surface area contributed by atoms with Crippen molar-refractivity contribution < 1.29 is 22.7 Å². The second-order valence-electron chi connectivity index (χ2n) is 11.6. The van der Waals surface area contributed by atoms with Crippen molar-refractivity contribution in [1.29, 1.82) is 0 Å². The third kappa shape index (κ3) is 8.03. The minimum atomic E-state index is -3.30. The average molecular weight is 612 g/mol. The molecule has 2 aromatic carbocycles. The average Bonchev–Trinajstić information content (AvgIpc) is 3.45. The Labute approximate surface area is 254 Å². The second-order valence-corrected chi connectivity index (χ2v) is 13.7. The van der Waals surface area contributed by atoms with E-state index in [2.05, 4.69) is 45.5 Å². The highest BCUT2D eigenvalue weighted by Gasteiger charge is 2.30. The van der Waals surface area contributed by atoms with Crippen molar-refractivity contribution in [2.24, 2.45) is 5.73 Å². The number of fused-ring (bicyclic) bond motifs is 1. The van der Waals surface area contributed by atoms with E-state index in [1.807, 2.05) is 12.3 Å². The molecule has 0 atom stereocenters. The molecule has 2 saturated heterocycles. The maximum absolute atomic E-state index is 12.8. The summed E-state index contributed by atoms with van der Waals surface area (Å²) in [5.74, 6) is -0.189. The molecule has 2 aliphatic rings. The van der Waals surface area contributed by atoms with Crippen molar-refractivity contribution in [2.75, 3.05) is 72.0 Å². The summed E-state index contributed by atoms with van der Waals surface area (Å²) in [7, 11) is -1.72. The maximum atomic E-state index is 12.8. The van der Waals surface area contributed by atoms with E-state index in [9.17, 15) is 13.2 Å². The van der Waals surface area contributed by atoms with E-state index >= 15 is 0 Å². The van der Waals surface area contributed by atoms with E-state index < -0.39 is 15.9 Å². The number of sulfonamides is 1. The number of piperidine rings is 1. The monoisotopic (exact) mass is 611 g/mol. The number of morpholine rings is 1. The summed E-state index contributed by atoms with van der Waals surface area (Å²) >= 11 is 0. The van der Waals surface area contributed by atoms with Gasteiger partial charge in [-0.05, 0) is 85.1 Å². The topological polar surface area (TPSA) is 130 Å². The highest BCUT2D eigenvalue weighted by molar-refractivity contribution is 7.89. The number of nitrogens with two attached hydrogens (primary N) is 1. The van der Waals surface area contributed by atoms with Crippen LogP contribution in [0.15, 0.2) is 42.6 Å². The number of aromatic amines is 1. The van der Waals surface area contributed by atoms with Crippen LogP contribution in [0.25, 0.3) is 22.0 Å². The molecule has 1 aromatic heterocycles. The minimum absolute atomic E-state index is 0.104. The fourth-order valence-corrected chi connectivity index (χ4v) is 7.77. The van der Waals surface area contributed by atoms with Crippen LogP contribution in [-0.4, -0.2) is 100 Å². The first-order chi connectivity index (χ1) is 20.9. The van der Waals surface area contributed by atoms with Gasteiger partial charge < -0.3 is 25.5 Å². The summed E-state index contributed by atoms with van der Waals surface area (Å²) in [5.41, 5.74) is 11.3. The summed E-state index contributed by atoms with van der Waals surface area (Å²) in [4.78, 5) is 18.3. The summed E-state index contributed by atoms with van der Waals surface area (Å²) < 4.78 is 37.6. The van der Waals surface area contributed by atoms with Crippen LogP contribution in [0.4, 0.5) is 0 Å². The molecule has 3 heterocycles. The van der Waals surface area contributed by atoms with Crippen LogP contribution in [0.5, 0.6) is 0 Å². The Morgan fingerprint density at radius 1 is 1.09 bits per heavy atom. The summed E-state index contributed by atoms with van der Waals surface area (Å²) in [6.07, 6.45) is 4.99. The number of hydrogen-bond acceptors (Lipinski definition) is 7. The fourth-order valence-electron chi connectivity index (χ4n) is 6.26. The smallest absolute Gasteiger partial charge is 0.250 e. The lowest BCUT2D eigenvalue weighted by Gasteiger charge is -2.31. The molecule has 0 radical (unpaired) electrons. The lowest BCUT2D eigenvalue weighted by molar-refractivity contribution is 0.0374. The third-order valence-electron chi connectivity index (χ3n) is 8.65. The van der Waals surface area contributed by atoms with Crippen LogP contribution in [0.1, 0.15) is 53.1 Å². The number of benzene rings is 2. The summed E-state index contributed by atoms with van der Waals surface area (Å²) in [5, 5.41) is 4.54. The van der Waals surface area contributed by atoms with E-state index in [1.54, 1.807) is 11.4 Å². The number of methoxy groups -OCH3 is 1. The zero-order valence-electron chi connectivity index (χ0n) is 25.1. The zero-order valence-corrected chi connectivity index (χ0v) is 26.0. The van der Waals surface area contributed by atoms with Crippen molar-refractivity contribution >= 4 is 26.8 Å². The van der Waals surface area contributed by atoms with E-state index in [0.717, 1.165) is 92.8 Å². The SMILES string of the molecule is COCCCS(=O)(=O)N1CCC(c2c[nH]c3c(C(N)=O)cc(-c4cccc(CNCCCN5CCOCC5)c4)cc23)CC1. The number of carbonyl (C=O) groups excluding carboxylic acids is 1. The number of ether oxygens (including phenoxy) is 2. The van der Waals surface area contributed by atoms with E-state index in [0.29, 0.717) is 31.7 Å². The van der Waals surface area contributed by atoms with E-state index in [1.165, 1.54) is 5.56 Å². The molecule has 4 N–H and O–H groups in total. The molecule has 0 bridgehead atoms. The molecule has 43 heavy (non-hydrogen) atoms. The Balaban J connectivity index is 1.27. The van der Waals surface area contributed by atoms with E-state index in [4.69, 9.17) is 15.2 Å². The molecular formula is C32H45N5O5S. The standard InChI is InChI=1S/C32H45N5O5S/c1-41-15-4-18-43(39,40)37-11-7-25(8-12-37)30-23-35-31-28(30)20-27(21-29(31)32(33)38)26-6-2-5-24(19-26)22-34-9-3-10-36-13-16-42-17-14-36/h2,5-6,19-21,23,25,34-35H,3-4,7-18,22H2,1H3,(H2,33,38). The molecule has 0 aliphatic carbocycles. The fraction of sp³-hybridized carbons (Fsp3) is 0.531. The van der Waals surface area contributed by atoms with Crippen molar-refractivity contribution in [3.8, 4) is 11.1 Å². The molecular weight excluding hydrogens is 566 g/mol. The van der Waals surface area contributed by atoms with Gasteiger partial charge in [-0.15, -0.1) is 0 Å². The predicted molar refractivity (Wildman–Crippen MR) is 170 cm³/mol. The molecule has 5 rings (SSSR count). The first kappa shape index (κ1) is 31.6. The van der Waals surface area contributed by atoms with Gasteiger partial charge in [0.15, 0.2) is 0 Å². The first-order valence-electron chi connectivity index (χ1n) is 15.4. The number of hydrogen-bond donors (Lipinski definition) is 3. The normalized spacial score (nSPS) is 17.5. The number of rotatable bonds is 14. The summed E-state index contributed by atoms with van der Waals surface area (Å²) in [6, 6.07) is 12.4. The van der Waals surface area contributed by atoms with Gasteiger partial charge in [0.1, 0.15) is 0 Å². The number of nitrogens with one attached hydrogen (secondary N) is 2. The number of primary amides is 1. The minimum Gasteiger partial charge on any atom is -0.385 e. The Hall–Kier alpha value is -2.80. The Kier molecular flexibility index (Phi) is 10.9. The highest BCUT2D eigenvalue weighted by atomic mass is 32.2. The predicted octanol–water partition coefficient (Wildman–Crippen LogP) is 3.29. The summed E-state index contributed by atoms with van der Waals surface area (Å²) in [6.45, 7) is 7.87. The number of nitrogens with zero attached hydrogens (tertiary/aromatic N) is 2. The number of carbonyl (C=O) groups is 1. The Morgan fingerprint density at radius 3 is 2.63 bits per heavy atom. The van der Waals surface area contributed by atoms with Crippen molar-refractivity contribution in [2.45, 2.75) is 38.1 Å². The zero-order chi connectivity index (χ0) is 30.2. The Morgan fingerprint density at radius 2 is 1.88 bits per heavy atom. The number of amides is 1. The second kappa shape index (κ2) is 14.8. The quantitative estimate of drug-likeness (QED) is 0.239. The van der Waals surface area contributed by atoms with Crippen molar-refractivity contribution in [1.82, 2.24) is 19.5 Å². The Bertz CT molecular complexity index is 1480. The first-order valence-corrected chi connectivity index (χ1v) is 17.0. The van der Waals surface area contributed by atoms with Gasteiger partial charge in [0.05, 0.1) is 30.0 Å². The molecule has 0 unspecified atom stereocenters. The van der Waals surface area contributed by atoms with Crippen molar-refractivity contribution in [3.05, 3.63) is 59.3 Å². The maximum Gasteiger partial charge on any atom is 0.250 e. The number of H-pyrrole nitrogens is 1.